The van der Waals surface area contributed by atoms with Gasteiger partial charge in [0.1, 0.15) is 12.1 Å². The van der Waals surface area contributed by atoms with E-state index in [-0.39, 0.29) is 13.0 Å². The van der Waals surface area contributed by atoms with Crippen LogP contribution in [-0.2, 0) is 19.8 Å². The third-order valence-corrected chi connectivity index (χ3v) is 2.72. The fourth-order valence-corrected chi connectivity index (χ4v) is 1.69. The van der Waals surface area contributed by atoms with Crippen molar-refractivity contribution < 1.29 is 23.0 Å². The van der Waals surface area contributed by atoms with E-state index in [1.54, 1.807) is 30.3 Å². The Kier molecular flexibility index (Phi) is 5.85. The number of carbonyl (C=O) groups is 1. The molecule has 0 spiro atoms. The summed E-state index contributed by atoms with van der Waals surface area (Å²) in [7, 11) is 1.23. The van der Waals surface area contributed by atoms with Crippen LogP contribution in [0.4, 0.5) is 8.78 Å². The Bertz CT molecular complexity index is 400. The van der Waals surface area contributed by atoms with Gasteiger partial charge in [-0.25, -0.2) is 13.6 Å². The molecule has 1 atom stereocenters. The van der Waals surface area contributed by atoms with Crippen LogP contribution in [0.3, 0.4) is 0 Å². The number of alkyl halides is 2. The van der Waals surface area contributed by atoms with E-state index in [1.807, 2.05) is 0 Å². The molecule has 4 nitrogen and oxygen atoms in total. The average molecular weight is 273 g/mol. The van der Waals surface area contributed by atoms with Crippen LogP contribution in [-0.4, -0.2) is 32.7 Å². The normalized spacial score (nSPS) is 14.2. The average Bonchev–Trinajstić information content (AvgIpc) is 2.43. The number of ether oxygens (including phenoxy) is 2. The van der Waals surface area contributed by atoms with Gasteiger partial charge in [-0.1, -0.05) is 30.3 Å². The van der Waals surface area contributed by atoms with Gasteiger partial charge in [-0.15, -0.1) is 0 Å². The SMILES string of the molecule is COC(=O)C(N)(CCOCC(F)F)c1ccccc1. The van der Waals surface area contributed by atoms with Crippen LogP contribution in [0.2, 0.25) is 0 Å². The largest absolute Gasteiger partial charge is 0.467 e. The van der Waals surface area contributed by atoms with E-state index in [4.69, 9.17) is 10.5 Å². The minimum absolute atomic E-state index is 0.0508. The van der Waals surface area contributed by atoms with Crippen molar-refractivity contribution in [2.75, 3.05) is 20.3 Å². The summed E-state index contributed by atoms with van der Waals surface area (Å²) < 4.78 is 33.4. The lowest BCUT2D eigenvalue weighted by Crippen LogP contribution is -2.46. The third kappa shape index (κ3) is 4.25. The third-order valence-electron chi connectivity index (χ3n) is 2.72. The molecule has 0 heterocycles. The molecule has 0 saturated carbocycles. The van der Waals surface area contributed by atoms with Crippen molar-refractivity contribution in [3.63, 3.8) is 0 Å². The van der Waals surface area contributed by atoms with Crippen LogP contribution in [0.1, 0.15) is 12.0 Å². The maximum atomic E-state index is 12.0. The summed E-state index contributed by atoms with van der Waals surface area (Å²) >= 11 is 0. The molecule has 1 unspecified atom stereocenters. The van der Waals surface area contributed by atoms with Crippen LogP contribution >= 0.6 is 0 Å². The minimum Gasteiger partial charge on any atom is -0.467 e. The number of hydrogen-bond acceptors (Lipinski definition) is 4. The van der Waals surface area contributed by atoms with Gasteiger partial charge in [-0.05, 0) is 5.56 Å². The molecule has 0 aliphatic rings. The van der Waals surface area contributed by atoms with E-state index < -0.39 is 24.5 Å². The smallest absolute Gasteiger partial charge is 0.330 e. The topological polar surface area (TPSA) is 61.5 Å². The molecule has 0 aliphatic heterocycles. The number of esters is 1. The van der Waals surface area contributed by atoms with E-state index in [0.717, 1.165) is 0 Å². The van der Waals surface area contributed by atoms with Gasteiger partial charge in [0.25, 0.3) is 6.43 Å². The van der Waals surface area contributed by atoms with Gasteiger partial charge in [0.15, 0.2) is 0 Å². The molecule has 1 aromatic rings. The van der Waals surface area contributed by atoms with Crippen molar-refractivity contribution in [1.82, 2.24) is 0 Å². The summed E-state index contributed by atoms with van der Waals surface area (Å²) in [6, 6.07) is 8.63. The number of nitrogens with two attached hydrogens (primary N) is 1. The molecule has 0 saturated heterocycles. The van der Waals surface area contributed by atoms with Crippen molar-refractivity contribution in [3.8, 4) is 0 Å². The lowest BCUT2D eigenvalue weighted by atomic mass is 9.88. The predicted molar refractivity (Wildman–Crippen MR) is 65.8 cm³/mol. The zero-order valence-electron chi connectivity index (χ0n) is 10.6. The van der Waals surface area contributed by atoms with Gasteiger partial charge in [0.2, 0.25) is 0 Å². The van der Waals surface area contributed by atoms with E-state index in [0.29, 0.717) is 5.56 Å². The summed E-state index contributed by atoms with van der Waals surface area (Å²) in [5, 5.41) is 0. The molecule has 0 fully saturated rings. The molecule has 0 radical (unpaired) electrons. The lowest BCUT2D eigenvalue weighted by molar-refractivity contribution is -0.148. The van der Waals surface area contributed by atoms with Crippen LogP contribution < -0.4 is 5.73 Å². The maximum Gasteiger partial charge on any atom is 0.330 e. The number of hydrogen-bond donors (Lipinski definition) is 1. The number of halogens is 2. The van der Waals surface area contributed by atoms with Crippen molar-refractivity contribution in [2.24, 2.45) is 5.73 Å². The molecular formula is C13H17F2NO3. The van der Waals surface area contributed by atoms with Gasteiger partial charge < -0.3 is 15.2 Å². The van der Waals surface area contributed by atoms with Gasteiger partial charge in [0, 0.05) is 13.0 Å². The van der Waals surface area contributed by atoms with Crippen LogP contribution in [0, 0.1) is 0 Å². The summed E-state index contributed by atoms with van der Waals surface area (Å²) in [5.41, 5.74) is 5.22. The molecule has 0 aliphatic carbocycles. The highest BCUT2D eigenvalue weighted by Crippen LogP contribution is 2.23. The monoisotopic (exact) mass is 273 g/mol. The van der Waals surface area contributed by atoms with E-state index >= 15 is 0 Å². The Morgan fingerprint density at radius 1 is 1.37 bits per heavy atom. The molecule has 1 aromatic carbocycles. The quantitative estimate of drug-likeness (QED) is 0.606. The van der Waals surface area contributed by atoms with E-state index in [2.05, 4.69) is 4.74 Å². The Hall–Kier alpha value is -1.53. The molecule has 0 amide bonds. The molecular weight excluding hydrogens is 256 g/mol. The Morgan fingerprint density at radius 3 is 2.53 bits per heavy atom. The second-order valence-corrected chi connectivity index (χ2v) is 4.04. The Morgan fingerprint density at radius 2 is 2.00 bits per heavy atom. The number of methoxy groups -OCH3 is 1. The summed E-state index contributed by atoms with van der Waals surface area (Å²) in [5.74, 6) is -0.626. The molecule has 106 valence electrons. The van der Waals surface area contributed by atoms with Gasteiger partial charge >= 0.3 is 5.97 Å². The fraction of sp³-hybridized carbons (Fsp3) is 0.462. The standard InChI is InChI=1S/C13H17F2NO3/c1-18-12(17)13(16,7-8-19-9-11(14)15)10-5-3-2-4-6-10/h2-6,11H,7-9,16H2,1H3. The second-order valence-electron chi connectivity index (χ2n) is 4.04. The zero-order chi connectivity index (χ0) is 14.3. The highest BCUT2D eigenvalue weighted by atomic mass is 19.3. The van der Waals surface area contributed by atoms with E-state index in [1.165, 1.54) is 7.11 Å². The molecule has 2 N–H and O–H groups in total. The van der Waals surface area contributed by atoms with Crippen molar-refractivity contribution >= 4 is 5.97 Å². The summed E-state index contributed by atoms with van der Waals surface area (Å²) in [4.78, 5) is 11.8. The second kappa shape index (κ2) is 7.16. The predicted octanol–water partition coefficient (Wildman–Crippen LogP) is 1.69. The van der Waals surface area contributed by atoms with Crippen LogP contribution in [0.15, 0.2) is 30.3 Å². The molecule has 1 rings (SSSR count). The first kappa shape index (κ1) is 15.5. The molecule has 19 heavy (non-hydrogen) atoms. The maximum absolute atomic E-state index is 12.0. The van der Waals surface area contributed by atoms with E-state index in [9.17, 15) is 13.6 Å². The number of rotatable bonds is 7. The first-order valence-electron chi connectivity index (χ1n) is 5.79. The van der Waals surface area contributed by atoms with Crippen molar-refractivity contribution in [3.05, 3.63) is 35.9 Å². The molecule has 6 heteroatoms. The highest BCUT2D eigenvalue weighted by molar-refractivity contribution is 5.82. The Balaban J connectivity index is 2.74. The first-order chi connectivity index (χ1) is 9.00. The minimum atomic E-state index is -2.54. The molecule has 0 aromatic heterocycles. The number of benzene rings is 1. The highest BCUT2D eigenvalue weighted by Gasteiger charge is 2.36. The summed E-state index contributed by atoms with van der Waals surface area (Å²) in [6.45, 7) is -0.725. The van der Waals surface area contributed by atoms with Crippen LogP contribution in [0.5, 0.6) is 0 Å². The van der Waals surface area contributed by atoms with Crippen molar-refractivity contribution in [1.29, 1.82) is 0 Å². The first-order valence-corrected chi connectivity index (χ1v) is 5.79. The van der Waals surface area contributed by atoms with Gasteiger partial charge in [-0.2, -0.15) is 0 Å². The fourth-order valence-electron chi connectivity index (χ4n) is 1.69. The Labute approximate surface area is 110 Å². The zero-order valence-corrected chi connectivity index (χ0v) is 10.6. The van der Waals surface area contributed by atoms with Crippen LogP contribution in [0.25, 0.3) is 0 Å². The molecule has 0 bridgehead atoms. The number of carbonyl (C=O) groups excluding carboxylic acids is 1. The van der Waals surface area contributed by atoms with Gasteiger partial charge in [0.05, 0.1) is 7.11 Å². The summed E-state index contributed by atoms with van der Waals surface area (Å²) in [6.07, 6.45) is -2.47. The lowest BCUT2D eigenvalue weighted by Gasteiger charge is -2.26. The van der Waals surface area contributed by atoms with Gasteiger partial charge in [-0.3, -0.25) is 0 Å². The van der Waals surface area contributed by atoms with Crippen molar-refractivity contribution in [2.45, 2.75) is 18.4 Å².